The maximum Gasteiger partial charge on any atom is 0.121 e. The predicted molar refractivity (Wildman–Crippen MR) is 65.0 cm³/mol. The van der Waals surface area contributed by atoms with Gasteiger partial charge in [-0.25, -0.2) is 0 Å². The Morgan fingerprint density at radius 1 is 1.33 bits per heavy atom. The lowest BCUT2D eigenvalue weighted by atomic mass is 10.2. The van der Waals surface area contributed by atoms with E-state index in [2.05, 4.69) is 5.32 Å². The lowest BCUT2D eigenvalue weighted by Gasteiger charge is -2.08. The van der Waals surface area contributed by atoms with Gasteiger partial charge in [-0.2, -0.15) is 11.3 Å². The molecule has 0 aliphatic carbocycles. The predicted octanol–water partition coefficient (Wildman–Crippen LogP) is 3.08. The van der Waals surface area contributed by atoms with Crippen molar-refractivity contribution in [1.29, 1.82) is 0 Å². The van der Waals surface area contributed by atoms with Crippen molar-refractivity contribution < 1.29 is 4.74 Å². The molecular weight excluding hydrogens is 208 g/mol. The van der Waals surface area contributed by atoms with Crippen LogP contribution in [0.15, 0.2) is 35.0 Å². The van der Waals surface area contributed by atoms with Gasteiger partial charge in [0.25, 0.3) is 0 Å². The summed E-state index contributed by atoms with van der Waals surface area (Å²) < 4.78 is 5.08. The van der Waals surface area contributed by atoms with Crippen LogP contribution in [-0.4, -0.2) is 7.11 Å². The molecule has 4 heteroatoms. The number of rotatable bonds is 3. The molecule has 15 heavy (non-hydrogen) atoms. The van der Waals surface area contributed by atoms with Gasteiger partial charge in [-0.15, -0.1) is 0 Å². The van der Waals surface area contributed by atoms with Gasteiger partial charge in [-0.05, 0) is 23.6 Å². The second-order valence-corrected chi connectivity index (χ2v) is 3.87. The van der Waals surface area contributed by atoms with E-state index in [0.29, 0.717) is 5.69 Å². The van der Waals surface area contributed by atoms with Gasteiger partial charge in [-0.3, -0.25) is 0 Å². The first-order chi connectivity index (χ1) is 7.29. The number of nitrogens with two attached hydrogens (primary N) is 1. The number of nitrogen functional groups attached to an aromatic ring is 1. The molecule has 0 unspecified atom stereocenters. The lowest BCUT2D eigenvalue weighted by Crippen LogP contribution is -1.95. The molecule has 1 heterocycles. The second-order valence-electron chi connectivity index (χ2n) is 3.09. The maximum absolute atomic E-state index is 5.87. The summed E-state index contributed by atoms with van der Waals surface area (Å²) in [7, 11) is 1.63. The quantitative estimate of drug-likeness (QED) is 0.781. The zero-order valence-corrected chi connectivity index (χ0v) is 9.17. The molecule has 0 radical (unpaired) electrons. The molecule has 0 aliphatic rings. The monoisotopic (exact) mass is 220 g/mol. The summed E-state index contributed by atoms with van der Waals surface area (Å²) in [5.41, 5.74) is 8.51. The van der Waals surface area contributed by atoms with Gasteiger partial charge in [0.2, 0.25) is 0 Å². The minimum absolute atomic E-state index is 0.681. The van der Waals surface area contributed by atoms with Crippen molar-refractivity contribution in [1.82, 2.24) is 0 Å². The first-order valence-electron chi connectivity index (χ1n) is 4.52. The molecule has 0 bridgehead atoms. The molecule has 0 saturated carbocycles. The molecule has 0 spiro atoms. The fraction of sp³-hybridized carbons (Fsp3) is 0.0909. The minimum Gasteiger partial charge on any atom is -0.497 e. The second kappa shape index (κ2) is 4.23. The van der Waals surface area contributed by atoms with E-state index < -0.39 is 0 Å². The third-order valence-corrected chi connectivity index (χ3v) is 2.74. The molecule has 0 saturated heterocycles. The first-order valence-corrected chi connectivity index (χ1v) is 5.46. The van der Waals surface area contributed by atoms with Crippen LogP contribution in [0, 0.1) is 0 Å². The minimum atomic E-state index is 0.681. The van der Waals surface area contributed by atoms with E-state index in [4.69, 9.17) is 10.5 Å². The molecule has 0 amide bonds. The van der Waals surface area contributed by atoms with Crippen molar-refractivity contribution in [3.8, 4) is 5.75 Å². The zero-order chi connectivity index (χ0) is 10.7. The first kappa shape index (κ1) is 9.86. The van der Waals surface area contributed by atoms with Crippen molar-refractivity contribution in [3.63, 3.8) is 0 Å². The van der Waals surface area contributed by atoms with Crippen molar-refractivity contribution in [3.05, 3.63) is 35.0 Å². The van der Waals surface area contributed by atoms with Crippen LogP contribution in [0.25, 0.3) is 0 Å². The summed E-state index contributed by atoms with van der Waals surface area (Å²) in [6.45, 7) is 0. The summed E-state index contributed by atoms with van der Waals surface area (Å²) >= 11 is 1.64. The highest BCUT2D eigenvalue weighted by Gasteiger charge is 2.01. The summed E-state index contributed by atoms with van der Waals surface area (Å²) in [6, 6.07) is 7.60. The number of anilines is 3. The van der Waals surface area contributed by atoms with Crippen LogP contribution < -0.4 is 15.8 Å². The molecule has 0 fully saturated rings. The Morgan fingerprint density at radius 2 is 2.20 bits per heavy atom. The molecule has 2 aromatic rings. The number of hydrogen-bond donors (Lipinski definition) is 2. The zero-order valence-electron chi connectivity index (χ0n) is 8.36. The smallest absolute Gasteiger partial charge is 0.121 e. The van der Waals surface area contributed by atoms with Gasteiger partial charge < -0.3 is 15.8 Å². The molecule has 78 valence electrons. The summed E-state index contributed by atoms with van der Waals surface area (Å²) in [5, 5.41) is 7.28. The van der Waals surface area contributed by atoms with E-state index in [-0.39, 0.29) is 0 Å². The number of benzene rings is 1. The highest BCUT2D eigenvalue weighted by Crippen LogP contribution is 2.27. The van der Waals surface area contributed by atoms with Crippen LogP contribution in [0.2, 0.25) is 0 Å². The average molecular weight is 220 g/mol. The topological polar surface area (TPSA) is 47.3 Å². The SMILES string of the molecule is COc1ccc(Nc2ccsc2)c(N)c1. The van der Waals surface area contributed by atoms with Gasteiger partial charge in [-0.1, -0.05) is 0 Å². The Kier molecular flexibility index (Phi) is 2.78. The third kappa shape index (κ3) is 2.22. The molecule has 0 atom stereocenters. The number of ether oxygens (including phenoxy) is 1. The summed E-state index contributed by atoms with van der Waals surface area (Å²) in [5.74, 6) is 0.767. The van der Waals surface area contributed by atoms with Crippen LogP contribution in [0.5, 0.6) is 5.75 Å². The molecular formula is C11H12N2OS. The molecule has 1 aromatic carbocycles. The van der Waals surface area contributed by atoms with Crippen LogP contribution in [0.3, 0.4) is 0 Å². The molecule has 2 rings (SSSR count). The fourth-order valence-corrected chi connectivity index (χ4v) is 1.86. The van der Waals surface area contributed by atoms with Crippen molar-refractivity contribution in [2.45, 2.75) is 0 Å². The lowest BCUT2D eigenvalue weighted by molar-refractivity contribution is 0.415. The van der Waals surface area contributed by atoms with Crippen LogP contribution in [0.4, 0.5) is 17.1 Å². The van der Waals surface area contributed by atoms with E-state index in [1.165, 1.54) is 0 Å². The van der Waals surface area contributed by atoms with E-state index in [1.807, 2.05) is 29.0 Å². The van der Waals surface area contributed by atoms with Crippen molar-refractivity contribution in [2.24, 2.45) is 0 Å². The van der Waals surface area contributed by atoms with Gasteiger partial charge in [0.1, 0.15) is 5.75 Å². The van der Waals surface area contributed by atoms with Gasteiger partial charge in [0.15, 0.2) is 0 Å². The normalized spacial score (nSPS) is 9.93. The standard InChI is InChI=1S/C11H12N2OS/c1-14-9-2-3-11(10(12)6-9)13-8-4-5-15-7-8/h2-7,13H,12H2,1H3. The van der Waals surface area contributed by atoms with E-state index in [9.17, 15) is 0 Å². The number of nitrogens with one attached hydrogen (secondary N) is 1. The van der Waals surface area contributed by atoms with Gasteiger partial charge >= 0.3 is 0 Å². The van der Waals surface area contributed by atoms with Gasteiger partial charge in [0.05, 0.1) is 18.5 Å². The van der Waals surface area contributed by atoms with E-state index in [1.54, 1.807) is 24.5 Å². The summed E-state index contributed by atoms with van der Waals surface area (Å²) in [6.07, 6.45) is 0. The van der Waals surface area contributed by atoms with E-state index in [0.717, 1.165) is 17.1 Å². The van der Waals surface area contributed by atoms with Crippen LogP contribution in [0.1, 0.15) is 0 Å². The largest absolute Gasteiger partial charge is 0.497 e. The number of hydrogen-bond acceptors (Lipinski definition) is 4. The average Bonchev–Trinajstić information content (AvgIpc) is 2.74. The number of methoxy groups -OCH3 is 1. The Balaban J connectivity index is 2.22. The fourth-order valence-electron chi connectivity index (χ4n) is 1.27. The Hall–Kier alpha value is -1.68. The van der Waals surface area contributed by atoms with Crippen LogP contribution >= 0.6 is 11.3 Å². The van der Waals surface area contributed by atoms with Crippen molar-refractivity contribution >= 4 is 28.4 Å². The summed E-state index contributed by atoms with van der Waals surface area (Å²) in [4.78, 5) is 0. The third-order valence-electron chi connectivity index (χ3n) is 2.06. The van der Waals surface area contributed by atoms with Gasteiger partial charge in [0, 0.05) is 17.1 Å². The maximum atomic E-state index is 5.87. The molecule has 3 N–H and O–H groups in total. The van der Waals surface area contributed by atoms with Crippen molar-refractivity contribution in [2.75, 3.05) is 18.2 Å². The van der Waals surface area contributed by atoms with E-state index >= 15 is 0 Å². The highest BCUT2D eigenvalue weighted by atomic mass is 32.1. The van der Waals surface area contributed by atoms with Crippen LogP contribution in [-0.2, 0) is 0 Å². The molecule has 0 aliphatic heterocycles. The number of thiophene rings is 1. The Morgan fingerprint density at radius 3 is 2.80 bits per heavy atom. The Labute approximate surface area is 92.5 Å². The molecule has 3 nitrogen and oxygen atoms in total. The molecule has 1 aromatic heterocycles. The Bertz CT molecular complexity index is 440. The highest BCUT2D eigenvalue weighted by molar-refractivity contribution is 7.08.